The minimum Gasteiger partial charge on any atom is -0.379 e. The van der Waals surface area contributed by atoms with Gasteiger partial charge in [-0.15, -0.1) is 0 Å². The van der Waals surface area contributed by atoms with Gasteiger partial charge in [0, 0.05) is 31.9 Å². The van der Waals surface area contributed by atoms with Crippen LogP contribution in [0.4, 0.5) is 27.8 Å². The van der Waals surface area contributed by atoms with Crippen LogP contribution in [-0.2, 0) is 25.5 Å². The average Bonchev–Trinajstić information content (AvgIpc) is 2.99. The van der Waals surface area contributed by atoms with Gasteiger partial charge < -0.3 is 14.5 Å². The number of sulfone groups is 1. The summed E-state index contributed by atoms with van der Waals surface area (Å²) in [6.07, 6.45) is -2.76. The van der Waals surface area contributed by atoms with Crippen molar-refractivity contribution in [3.63, 3.8) is 0 Å². The van der Waals surface area contributed by atoms with E-state index in [2.05, 4.69) is 21.5 Å². The summed E-state index contributed by atoms with van der Waals surface area (Å²) in [5.74, 6) is -3.25. The first-order valence-corrected chi connectivity index (χ1v) is 16.1. The van der Waals surface area contributed by atoms with Crippen molar-refractivity contribution in [1.29, 1.82) is 0 Å². The predicted molar refractivity (Wildman–Crippen MR) is 163 cm³/mol. The van der Waals surface area contributed by atoms with Crippen LogP contribution in [-0.4, -0.2) is 82.9 Å². The largest absolute Gasteiger partial charge is 0.417 e. The molecule has 2 aliphatic heterocycles. The Hall–Kier alpha value is -4.77. The van der Waals surface area contributed by atoms with Crippen molar-refractivity contribution in [2.75, 3.05) is 37.7 Å². The second-order valence-corrected chi connectivity index (χ2v) is 13.6. The lowest BCUT2D eigenvalue weighted by molar-refractivity contribution is -0.137. The standard InChI is InChI=1S/C31H27F5N6O5S/c1-4-24(43)40-10-11-41(16(2)13-40)28-19-12-22(33)26(25-20(31(34,35)36)6-5-7-21(25)32)38-29(19)42(30(44)39-28)27-17(3)37-9-8-23(27)48(45,46)18-14-47-15-18/h4-9,12,16,18H,1,10-11,13-15H2,2-3H3/t16-/m0/s1. The van der Waals surface area contributed by atoms with Gasteiger partial charge in [-0.1, -0.05) is 12.6 Å². The fourth-order valence-corrected chi connectivity index (χ4v) is 7.58. The lowest BCUT2D eigenvalue weighted by atomic mass is 10.0. The van der Waals surface area contributed by atoms with E-state index in [1.54, 1.807) is 11.8 Å². The van der Waals surface area contributed by atoms with Gasteiger partial charge in [0.25, 0.3) is 0 Å². The molecule has 0 bridgehead atoms. The number of fused-ring (bicyclic) bond motifs is 1. The van der Waals surface area contributed by atoms with Gasteiger partial charge in [-0.2, -0.15) is 18.2 Å². The highest BCUT2D eigenvalue weighted by atomic mass is 32.2. The number of piperazine rings is 1. The number of hydrogen-bond acceptors (Lipinski definition) is 9. The number of carbonyl (C=O) groups excluding carboxylic acids is 1. The van der Waals surface area contributed by atoms with Gasteiger partial charge in [-0.25, -0.2) is 31.5 Å². The van der Waals surface area contributed by atoms with Gasteiger partial charge >= 0.3 is 11.9 Å². The van der Waals surface area contributed by atoms with Crippen molar-refractivity contribution in [3.8, 4) is 16.9 Å². The number of rotatable bonds is 6. The summed E-state index contributed by atoms with van der Waals surface area (Å²) in [5, 5.41) is -1.15. The van der Waals surface area contributed by atoms with Crippen LogP contribution in [0, 0.1) is 18.6 Å². The van der Waals surface area contributed by atoms with Gasteiger partial charge in [0.2, 0.25) is 5.91 Å². The van der Waals surface area contributed by atoms with E-state index in [0.29, 0.717) is 12.1 Å². The maximum atomic E-state index is 16.0. The van der Waals surface area contributed by atoms with Gasteiger partial charge in [0.15, 0.2) is 21.3 Å². The van der Waals surface area contributed by atoms with Crippen LogP contribution in [0.1, 0.15) is 18.2 Å². The SMILES string of the molecule is C=CC(=O)N1CCN(c2nc(=O)n(-c3c(S(=O)(=O)C4COC4)ccnc3C)c3nc(-c4c(F)cccc4C(F)(F)F)c(F)cc23)[C@@H](C)C1. The third kappa shape index (κ3) is 5.49. The van der Waals surface area contributed by atoms with Crippen molar-refractivity contribution in [3.05, 3.63) is 82.6 Å². The molecular formula is C31H27F5N6O5S. The molecule has 252 valence electrons. The second kappa shape index (κ2) is 12.0. The van der Waals surface area contributed by atoms with Gasteiger partial charge in [0.05, 0.1) is 46.0 Å². The van der Waals surface area contributed by atoms with E-state index >= 15 is 8.78 Å². The van der Waals surface area contributed by atoms with Crippen LogP contribution >= 0.6 is 0 Å². The molecular weight excluding hydrogens is 663 g/mol. The molecule has 0 spiro atoms. The summed E-state index contributed by atoms with van der Waals surface area (Å²) >= 11 is 0. The van der Waals surface area contributed by atoms with Crippen LogP contribution in [0.15, 0.2) is 58.9 Å². The number of amides is 1. The van der Waals surface area contributed by atoms with Crippen molar-refractivity contribution >= 4 is 32.6 Å². The third-order valence-corrected chi connectivity index (χ3v) is 10.5. The Bertz CT molecular complexity index is 2150. The molecule has 2 saturated heterocycles. The van der Waals surface area contributed by atoms with E-state index in [9.17, 15) is 31.2 Å². The summed E-state index contributed by atoms with van der Waals surface area (Å²) in [4.78, 5) is 41.6. The van der Waals surface area contributed by atoms with Crippen LogP contribution in [0.3, 0.4) is 0 Å². The molecule has 2 aliphatic rings. The second-order valence-electron chi connectivity index (χ2n) is 11.4. The first kappa shape index (κ1) is 33.1. The normalized spacial score (nSPS) is 17.4. The van der Waals surface area contributed by atoms with E-state index in [1.807, 2.05) is 0 Å². The van der Waals surface area contributed by atoms with Gasteiger partial charge in [-0.05, 0) is 44.2 Å². The molecule has 48 heavy (non-hydrogen) atoms. The summed E-state index contributed by atoms with van der Waals surface area (Å²) in [6, 6.07) is 3.53. The highest BCUT2D eigenvalue weighted by Crippen LogP contribution is 2.40. The Balaban J connectivity index is 1.68. The molecule has 0 radical (unpaired) electrons. The minimum atomic E-state index is -5.12. The quantitative estimate of drug-likeness (QED) is 0.219. The van der Waals surface area contributed by atoms with E-state index in [-0.39, 0.29) is 66.2 Å². The average molecular weight is 691 g/mol. The highest BCUT2D eigenvalue weighted by molar-refractivity contribution is 7.92. The van der Waals surface area contributed by atoms with E-state index in [4.69, 9.17) is 4.74 Å². The van der Waals surface area contributed by atoms with Crippen LogP contribution in [0.2, 0.25) is 0 Å². The number of alkyl halides is 3. The predicted octanol–water partition coefficient (Wildman–Crippen LogP) is 3.84. The fraction of sp³-hybridized carbons (Fsp3) is 0.323. The number of aromatic nitrogens is 4. The molecule has 1 amide bonds. The molecule has 4 aromatic rings. The zero-order chi connectivity index (χ0) is 34.7. The summed E-state index contributed by atoms with van der Waals surface area (Å²) in [6.45, 7) is 6.79. The number of hydrogen-bond donors (Lipinski definition) is 0. The topological polar surface area (TPSA) is 128 Å². The highest BCUT2D eigenvalue weighted by Gasteiger charge is 2.39. The molecule has 0 aliphatic carbocycles. The summed E-state index contributed by atoms with van der Waals surface area (Å²) < 4.78 is 107. The Morgan fingerprint density at radius 3 is 2.46 bits per heavy atom. The van der Waals surface area contributed by atoms with Gasteiger partial charge in [0.1, 0.15) is 22.6 Å². The number of halogens is 5. The summed E-state index contributed by atoms with van der Waals surface area (Å²) in [7, 11) is -4.17. The van der Waals surface area contributed by atoms with Crippen LogP contribution < -0.4 is 10.6 Å². The van der Waals surface area contributed by atoms with Crippen molar-refractivity contribution < 1.29 is 39.9 Å². The smallest absolute Gasteiger partial charge is 0.379 e. The molecule has 0 N–H and O–H groups in total. The number of pyridine rings is 2. The first-order valence-electron chi connectivity index (χ1n) is 14.6. The number of nitrogens with zero attached hydrogens (tertiary/aromatic N) is 6. The molecule has 3 aromatic heterocycles. The number of aryl methyl sites for hydroxylation is 1. The maximum Gasteiger partial charge on any atom is 0.417 e. The Morgan fingerprint density at radius 2 is 1.83 bits per heavy atom. The number of carbonyl (C=O) groups is 1. The number of benzene rings is 1. The molecule has 1 atom stereocenters. The Kier molecular flexibility index (Phi) is 8.31. The van der Waals surface area contributed by atoms with E-state index in [0.717, 1.165) is 28.8 Å². The number of ether oxygens (including phenoxy) is 1. The van der Waals surface area contributed by atoms with Crippen molar-refractivity contribution in [1.82, 2.24) is 24.4 Å². The monoisotopic (exact) mass is 690 g/mol. The van der Waals surface area contributed by atoms with Crippen molar-refractivity contribution in [2.45, 2.75) is 36.2 Å². The molecule has 0 unspecified atom stereocenters. The molecule has 11 nitrogen and oxygen atoms in total. The maximum absolute atomic E-state index is 16.0. The van der Waals surface area contributed by atoms with E-state index in [1.165, 1.54) is 18.0 Å². The van der Waals surface area contributed by atoms with Crippen molar-refractivity contribution in [2.24, 2.45) is 0 Å². The zero-order valence-corrected chi connectivity index (χ0v) is 26.3. The van der Waals surface area contributed by atoms with Gasteiger partial charge in [-0.3, -0.25) is 9.78 Å². The molecule has 5 heterocycles. The molecule has 2 fully saturated rings. The zero-order valence-electron chi connectivity index (χ0n) is 25.5. The minimum absolute atomic E-state index is 0.00809. The molecule has 17 heteroatoms. The summed E-state index contributed by atoms with van der Waals surface area (Å²) in [5.41, 5.74) is -5.68. The van der Waals surface area contributed by atoms with Crippen LogP contribution in [0.5, 0.6) is 0 Å². The lowest BCUT2D eigenvalue weighted by Crippen LogP contribution is -2.54. The Morgan fingerprint density at radius 1 is 1.10 bits per heavy atom. The number of anilines is 1. The van der Waals surface area contributed by atoms with E-state index < -0.39 is 67.1 Å². The van der Waals surface area contributed by atoms with Crippen LogP contribution in [0.25, 0.3) is 28.0 Å². The lowest BCUT2D eigenvalue weighted by Gasteiger charge is -2.40. The fourth-order valence-electron chi connectivity index (χ4n) is 5.91. The molecule has 1 aromatic carbocycles. The first-order chi connectivity index (χ1) is 22.6. The molecule has 0 saturated carbocycles. The Labute approximate surface area is 270 Å². The molecule has 6 rings (SSSR count). The third-order valence-electron chi connectivity index (χ3n) is 8.39.